The molecule has 0 radical (unpaired) electrons. The van der Waals surface area contributed by atoms with E-state index < -0.39 is 6.09 Å². The Morgan fingerprint density at radius 2 is 2.33 bits per heavy atom. The summed E-state index contributed by atoms with van der Waals surface area (Å²) in [6.07, 6.45) is 5.22. The molecule has 2 aromatic heterocycles. The van der Waals surface area contributed by atoms with Crippen molar-refractivity contribution in [3.63, 3.8) is 0 Å². The van der Waals surface area contributed by atoms with Crippen molar-refractivity contribution in [2.45, 2.75) is 0 Å². The van der Waals surface area contributed by atoms with Gasteiger partial charge in [-0.15, -0.1) is 0 Å². The van der Waals surface area contributed by atoms with Crippen LogP contribution >= 0.6 is 0 Å². The maximum absolute atomic E-state index is 11.0. The van der Waals surface area contributed by atoms with E-state index in [-0.39, 0.29) is 0 Å². The van der Waals surface area contributed by atoms with Gasteiger partial charge in [0, 0.05) is 6.07 Å². The van der Waals surface area contributed by atoms with E-state index >= 15 is 0 Å². The van der Waals surface area contributed by atoms with Gasteiger partial charge in [-0.2, -0.15) is 0 Å². The molecule has 0 bridgehead atoms. The zero-order valence-corrected chi connectivity index (χ0v) is 8.60. The Morgan fingerprint density at radius 1 is 1.53 bits per heavy atom. The molecule has 0 unspecified atom stereocenters. The number of fused-ring (bicyclic) bond motifs is 1. The van der Waals surface area contributed by atoms with Gasteiger partial charge in [0.15, 0.2) is 0 Å². The smallest absolute Gasteiger partial charge is 0.411 e. The van der Waals surface area contributed by atoms with E-state index in [0.717, 1.165) is 5.65 Å². The van der Waals surface area contributed by atoms with Gasteiger partial charge in [-0.25, -0.2) is 13.8 Å². The van der Waals surface area contributed by atoms with Crippen molar-refractivity contribution in [3.05, 3.63) is 30.7 Å². The monoisotopic (exact) mass is 206 g/mol. The summed E-state index contributed by atoms with van der Waals surface area (Å²) in [6.45, 7) is 0. The lowest BCUT2D eigenvalue weighted by atomic mass is 10.4. The minimum absolute atomic E-state index is 0.467. The molecular weight excluding hydrogens is 194 g/mol. The van der Waals surface area contributed by atoms with Crippen molar-refractivity contribution >= 4 is 17.4 Å². The number of nitrogens with zero attached hydrogens (tertiary/aromatic N) is 2. The summed E-state index contributed by atoms with van der Waals surface area (Å²) in [7, 11) is 3.30. The highest BCUT2D eigenvalue weighted by Crippen LogP contribution is 2.08. The largest absolute Gasteiger partial charge is 0.453 e. The van der Waals surface area contributed by atoms with Crippen LogP contribution in [0.4, 0.5) is 10.5 Å². The van der Waals surface area contributed by atoms with Crippen LogP contribution in [-0.2, 0) is 11.8 Å². The first-order valence-corrected chi connectivity index (χ1v) is 4.52. The molecule has 0 aliphatic carbocycles. The van der Waals surface area contributed by atoms with Crippen molar-refractivity contribution < 1.29 is 14.1 Å². The van der Waals surface area contributed by atoms with Crippen LogP contribution in [0.1, 0.15) is 0 Å². The number of pyridine rings is 1. The lowest BCUT2D eigenvalue weighted by Gasteiger charge is -2.01. The number of carbonyl (C=O) groups is 1. The molecule has 0 aromatic carbocycles. The predicted octanol–water partition coefficient (Wildman–Crippen LogP) is 0.942. The lowest BCUT2D eigenvalue weighted by molar-refractivity contribution is -0.644. The third kappa shape index (κ3) is 1.76. The number of rotatable bonds is 1. The molecule has 0 saturated heterocycles. The number of hydrogen-bond acceptors (Lipinski definition) is 2. The number of aryl methyl sites for hydroxylation is 1. The molecule has 0 spiro atoms. The summed E-state index contributed by atoms with van der Waals surface area (Å²) in [6, 6.07) is 3.75. The molecule has 1 amide bonds. The summed E-state index contributed by atoms with van der Waals surface area (Å²) in [4.78, 5) is 11.0. The fourth-order valence-electron chi connectivity index (χ4n) is 1.42. The molecule has 2 heterocycles. The predicted molar refractivity (Wildman–Crippen MR) is 54.6 cm³/mol. The van der Waals surface area contributed by atoms with Gasteiger partial charge < -0.3 is 4.74 Å². The van der Waals surface area contributed by atoms with E-state index in [1.54, 1.807) is 0 Å². The second-order valence-electron chi connectivity index (χ2n) is 3.21. The molecule has 2 aromatic rings. The van der Waals surface area contributed by atoms with Crippen LogP contribution < -0.4 is 9.88 Å². The van der Waals surface area contributed by atoms with E-state index in [4.69, 9.17) is 0 Å². The van der Waals surface area contributed by atoms with Gasteiger partial charge in [0.2, 0.25) is 0 Å². The van der Waals surface area contributed by atoms with Gasteiger partial charge in [0.1, 0.15) is 18.6 Å². The third-order valence-electron chi connectivity index (χ3n) is 2.20. The van der Waals surface area contributed by atoms with Crippen molar-refractivity contribution in [2.24, 2.45) is 7.05 Å². The van der Waals surface area contributed by atoms with Gasteiger partial charge in [-0.1, -0.05) is 0 Å². The SMILES string of the molecule is COC(=O)Nc1ccc2n(cc[n+]2C)c1. The highest BCUT2D eigenvalue weighted by atomic mass is 16.5. The molecule has 0 aliphatic heterocycles. The molecule has 5 heteroatoms. The topological polar surface area (TPSA) is 46.6 Å². The van der Waals surface area contributed by atoms with Crippen LogP contribution in [0.2, 0.25) is 0 Å². The minimum atomic E-state index is -0.467. The second kappa shape index (κ2) is 3.61. The quantitative estimate of drug-likeness (QED) is 0.706. The Kier molecular flexibility index (Phi) is 2.29. The van der Waals surface area contributed by atoms with Crippen LogP contribution in [0.25, 0.3) is 5.65 Å². The standard InChI is InChI=1S/C10H11N3O2/c1-12-5-6-13-7-8(3-4-9(12)13)11-10(14)15-2/h3-7H,1-2H3/p+1. The lowest BCUT2D eigenvalue weighted by Crippen LogP contribution is -2.25. The van der Waals surface area contributed by atoms with E-state index in [1.165, 1.54) is 7.11 Å². The van der Waals surface area contributed by atoms with Gasteiger partial charge in [0.25, 0.3) is 5.65 Å². The zero-order chi connectivity index (χ0) is 10.8. The van der Waals surface area contributed by atoms with Crippen LogP contribution in [0.15, 0.2) is 30.7 Å². The van der Waals surface area contributed by atoms with Crippen LogP contribution in [0, 0.1) is 0 Å². The number of hydrogen-bond donors (Lipinski definition) is 1. The first-order valence-electron chi connectivity index (χ1n) is 4.52. The number of imidazole rings is 1. The van der Waals surface area contributed by atoms with Crippen molar-refractivity contribution in [1.82, 2.24) is 4.40 Å². The zero-order valence-electron chi connectivity index (χ0n) is 8.60. The van der Waals surface area contributed by atoms with E-state index in [1.807, 2.05) is 46.7 Å². The normalized spacial score (nSPS) is 10.3. The first kappa shape index (κ1) is 9.51. The average Bonchev–Trinajstić information content (AvgIpc) is 2.60. The Balaban J connectivity index is 2.35. The van der Waals surface area contributed by atoms with Crippen molar-refractivity contribution in [1.29, 1.82) is 0 Å². The van der Waals surface area contributed by atoms with Gasteiger partial charge in [0.05, 0.1) is 19.8 Å². The Hall–Kier alpha value is -2.04. The summed E-state index contributed by atoms with van der Waals surface area (Å²) in [5.41, 5.74) is 1.75. The van der Waals surface area contributed by atoms with Gasteiger partial charge in [-0.05, 0) is 6.07 Å². The van der Waals surface area contributed by atoms with Crippen LogP contribution in [0.5, 0.6) is 0 Å². The number of carbonyl (C=O) groups excluding carboxylic acids is 1. The molecule has 0 atom stereocenters. The first-order chi connectivity index (χ1) is 7.20. The minimum Gasteiger partial charge on any atom is -0.453 e. The Bertz CT molecular complexity index is 504. The van der Waals surface area contributed by atoms with Crippen LogP contribution in [0.3, 0.4) is 0 Å². The number of anilines is 1. The number of aromatic nitrogens is 2. The summed E-state index contributed by atoms with van der Waals surface area (Å²) in [5.74, 6) is 0. The molecular formula is C10H12N3O2+. The second-order valence-corrected chi connectivity index (χ2v) is 3.21. The molecule has 1 N–H and O–H groups in total. The molecule has 0 aliphatic rings. The van der Waals surface area contributed by atoms with E-state index in [0.29, 0.717) is 5.69 Å². The Labute approximate surface area is 86.9 Å². The molecule has 5 nitrogen and oxygen atoms in total. The number of methoxy groups -OCH3 is 1. The van der Waals surface area contributed by atoms with E-state index in [9.17, 15) is 4.79 Å². The fourth-order valence-corrected chi connectivity index (χ4v) is 1.42. The molecule has 2 rings (SSSR count). The van der Waals surface area contributed by atoms with Gasteiger partial charge >= 0.3 is 6.09 Å². The highest BCUT2D eigenvalue weighted by Gasteiger charge is 2.07. The molecule has 15 heavy (non-hydrogen) atoms. The highest BCUT2D eigenvalue weighted by molar-refractivity contribution is 5.84. The van der Waals surface area contributed by atoms with Crippen molar-refractivity contribution in [2.75, 3.05) is 12.4 Å². The van der Waals surface area contributed by atoms with Gasteiger partial charge in [-0.3, -0.25) is 5.32 Å². The Morgan fingerprint density at radius 3 is 3.07 bits per heavy atom. The molecule has 0 saturated carbocycles. The maximum atomic E-state index is 11.0. The number of nitrogens with one attached hydrogen (secondary N) is 1. The van der Waals surface area contributed by atoms with Crippen molar-refractivity contribution in [3.8, 4) is 0 Å². The summed E-state index contributed by atoms with van der Waals surface area (Å²) in [5, 5.41) is 2.60. The summed E-state index contributed by atoms with van der Waals surface area (Å²) < 4.78 is 8.42. The number of amides is 1. The molecule has 0 fully saturated rings. The molecule has 78 valence electrons. The average molecular weight is 206 g/mol. The fraction of sp³-hybridized carbons (Fsp3) is 0.200. The summed E-state index contributed by atoms with van der Waals surface area (Å²) >= 11 is 0. The maximum Gasteiger partial charge on any atom is 0.411 e. The van der Waals surface area contributed by atoms with E-state index in [2.05, 4.69) is 10.1 Å². The third-order valence-corrected chi connectivity index (χ3v) is 2.20. The number of ether oxygens (including phenoxy) is 1. The van der Waals surface area contributed by atoms with Crippen LogP contribution in [-0.4, -0.2) is 17.6 Å².